The number of ether oxygens (including phenoxy) is 1. The first-order valence-electron chi connectivity index (χ1n) is 6.64. The third-order valence-electron chi connectivity index (χ3n) is 3.49. The molecule has 1 aromatic heterocycles. The molecule has 0 fully saturated rings. The molecule has 5 heteroatoms. The Labute approximate surface area is 123 Å². The van der Waals surface area contributed by atoms with Crippen LogP contribution in [0.25, 0.3) is 0 Å². The van der Waals surface area contributed by atoms with Gasteiger partial charge in [-0.15, -0.1) is 0 Å². The highest BCUT2D eigenvalue weighted by Crippen LogP contribution is 2.15. The van der Waals surface area contributed by atoms with Gasteiger partial charge in [-0.1, -0.05) is 12.1 Å². The lowest BCUT2D eigenvalue weighted by molar-refractivity contribution is 0.0600. The highest BCUT2D eigenvalue weighted by molar-refractivity contribution is 5.89. The van der Waals surface area contributed by atoms with Crippen molar-refractivity contribution in [2.24, 2.45) is 0 Å². The first-order chi connectivity index (χ1) is 10.1. The number of esters is 1. The fourth-order valence-corrected chi connectivity index (χ4v) is 2.26. The molecular formula is C16H17N3O2. The van der Waals surface area contributed by atoms with E-state index in [2.05, 4.69) is 15.9 Å². The summed E-state index contributed by atoms with van der Waals surface area (Å²) in [6.45, 7) is 4.49. The van der Waals surface area contributed by atoms with Crippen LogP contribution in [0.1, 0.15) is 32.9 Å². The zero-order valence-corrected chi connectivity index (χ0v) is 12.4. The number of carbonyl (C=O) groups is 1. The van der Waals surface area contributed by atoms with Crippen molar-refractivity contribution < 1.29 is 9.53 Å². The van der Waals surface area contributed by atoms with Crippen molar-refractivity contribution in [3.63, 3.8) is 0 Å². The summed E-state index contributed by atoms with van der Waals surface area (Å²) in [6, 6.07) is 9.41. The van der Waals surface area contributed by atoms with E-state index in [1.54, 1.807) is 12.1 Å². The summed E-state index contributed by atoms with van der Waals surface area (Å²) < 4.78 is 6.56. The lowest BCUT2D eigenvalue weighted by Gasteiger charge is -2.06. The fourth-order valence-electron chi connectivity index (χ4n) is 2.26. The minimum atomic E-state index is -0.344. The molecule has 2 aromatic rings. The number of hydrogen-bond acceptors (Lipinski definition) is 4. The van der Waals surface area contributed by atoms with Crippen LogP contribution < -0.4 is 0 Å². The van der Waals surface area contributed by atoms with Gasteiger partial charge in [-0.3, -0.25) is 4.68 Å². The number of rotatable bonds is 4. The Morgan fingerprint density at radius 1 is 1.33 bits per heavy atom. The summed E-state index contributed by atoms with van der Waals surface area (Å²) in [5, 5.41) is 13.3. The molecule has 0 unspecified atom stereocenters. The van der Waals surface area contributed by atoms with Crippen molar-refractivity contribution >= 4 is 5.97 Å². The van der Waals surface area contributed by atoms with E-state index >= 15 is 0 Å². The van der Waals surface area contributed by atoms with Gasteiger partial charge in [-0.05, 0) is 31.5 Å². The lowest BCUT2D eigenvalue weighted by atomic mass is 10.1. The Morgan fingerprint density at radius 3 is 2.57 bits per heavy atom. The second-order valence-corrected chi connectivity index (χ2v) is 4.83. The van der Waals surface area contributed by atoms with Gasteiger partial charge >= 0.3 is 5.97 Å². The summed E-state index contributed by atoms with van der Waals surface area (Å²) in [7, 11) is 1.36. The predicted octanol–water partition coefficient (Wildman–Crippen LogP) is 2.40. The molecule has 0 amide bonds. The Hall–Kier alpha value is -2.61. The maximum absolute atomic E-state index is 11.4. The minimum absolute atomic E-state index is 0.344. The highest BCUT2D eigenvalue weighted by atomic mass is 16.5. The molecule has 0 saturated carbocycles. The van der Waals surface area contributed by atoms with E-state index in [1.165, 1.54) is 7.11 Å². The molecule has 5 nitrogen and oxygen atoms in total. The summed E-state index contributed by atoms with van der Waals surface area (Å²) in [5.41, 5.74) is 4.45. The first-order valence-corrected chi connectivity index (χ1v) is 6.64. The number of hydrogen-bond donors (Lipinski definition) is 0. The summed E-state index contributed by atoms with van der Waals surface area (Å²) in [5.74, 6) is -0.344. The molecule has 0 aliphatic heterocycles. The van der Waals surface area contributed by atoms with Crippen molar-refractivity contribution in [1.82, 2.24) is 9.78 Å². The van der Waals surface area contributed by atoms with Crippen molar-refractivity contribution in [3.05, 3.63) is 52.3 Å². The van der Waals surface area contributed by atoms with Crippen LogP contribution in [0.4, 0.5) is 0 Å². The van der Waals surface area contributed by atoms with Gasteiger partial charge in [-0.25, -0.2) is 4.79 Å². The quantitative estimate of drug-likeness (QED) is 0.808. The standard InChI is InChI=1S/C16H17N3O2/c1-11-15(8-9-17)12(2)19(18-11)10-13-4-6-14(7-5-13)16(20)21-3/h4-7H,8,10H2,1-3H3. The van der Waals surface area contributed by atoms with E-state index in [-0.39, 0.29) is 5.97 Å². The second-order valence-electron chi connectivity index (χ2n) is 4.83. The van der Waals surface area contributed by atoms with Gasteiger partial charge in [0.15, 0.2) is 0 Å². The monoisotopic (exact) mass is 283 g/mol. The van der Waals surface area contributed by atoms with Crippen molar-refractivity contribution in [2.75, 3.05) is 7.11 Å². The van der Waals surface area contributed by atoms with Crippen molar-refractivity contribution in [2.45, 2.75) is 26.8 Å². The fraction of sp³-hybridized carbons (Fsp3) is 0.312. The SMILES string of the molecule is COC(=O)c1ccc(Cn2nc(C)c(CC#N)c2C)cc1. The van der Waals surface area contributed by atoms with Gasteiger partial charge in [0.05, 0.1) is 37.4 Å². The molecule has 1 aromatic carbocycles. The smallest absolute Gasteiger partial charge is 0.337 e. The van der Waals surface area contributed by atoms with E-state index in [0.717, 1.165) is 22.5 Å². The second kappa shape index (κ2) is 6.23. The van der Waals surface area contributed by atoms with Crippen LogP contribution in [0, 0.1) is 25.2 Å². The zero-order valence-electron chi connectivity index (χ0n) is 12.4. The molecule has 0 spiro atoms. The minimum Gasteiger partial charge on any atom is -0.465 e. The van der Waals surface area contributed by atoms with Crippen LogP contribution in [-0.2, 0) is 17.7 Å². The Balaban J connectivity index is 2.21. The summed E-state index contributed by atoms with van der Waals surface area (Å²) >= 11 is 0. The van der Waals surface area contributed by atoms with Crippen LogP contribution in [0.2, 0.25) is 0 Å². The van der Waals surface area contributed by atoms with Crippen LogP contribution in [0.5, 0.6) is 0 Å². The number of methoxy groups -OCH3 is 1. The maximum atomic E-state index is 11.4. The van der Waals surface area contributed by atoms with Crippen LogP contribution in [-0.4, -0.2) is 22.9 Å². The van der Waals surface area contributed by atoms with Crippen LogP contribution >= 0.6 is 0 Å². The molecule has 0 N–H and O–H groups in total. The van der Waals surface area contributed by atoms with Gasteiger partial charge in [0.2, 0.25) is 0 Å². The molecule has 0 aliphatic carbocycles. The Morgan fingerprint density at radius 2 is 2.00 bits per heavy atom. The molecule has 0 saturated heterocycles. The molecule has 0 bridgehead atoms. The summed E-state index contributed by atoms with van der Waals surface area (Å²) in [6.07, 6.45) is 0.374. The molecule has 108 valence electrons. The van der Waals surface area contributed by atoms with Gasteiger partial charge < -0.3 is 4.74 Å². The highest BCUT2D eigenvalue weighted by Gasteiger charge is 2.11. The van der Waals surface area contributed by atoms with Crippen molar-refractivity contribution in [1.29, 1.82) is 5.26 Å². The van der Waals surface area contributed by atoms with E-state index in [0.29, 0.717) is 18.5 Å². The average Bonchev–Trinajstić information content (AvgIpc) is 2.75. The number of carbonyl (C=O) groups excluding carboxylic acids is 1. The van der Waals surface area contributed by atoms with Crippen molar-refractivity contribution in [3.8, 4) is 6.07 Å². The maximum Gasteiger partial charge on any atom is 0.337 e. The number of nitriles is 1. The summed E-state index contributed by atoms with van der Waals surface area (Å²) in [4.78, 5) is 11.4. The molecule has 2 rings (SSSR count). The van der Waals surface area contributed by atoms with Gasteiger partial charge in [-0.2, -0.15) is 10.4 Å². The van der Waals surface area contributed by atoms with E-state index in [9.17, 15) is 4.79 Å². The Kier molecular flexibility index (Phi) is 4.39. The van der Waals surface area contributed by atoms with E-state index < -0.39 is 0 Å². The number of benzene rings is 1. The third-order valence-corrected chi connectivity index (χ3v) is 3.49. The predicted molar refractivity (Wildman–Crippen MR) is 77.9 cm³/mol. The zero-order chi connectivity index (χ0) is 15.4. The first kappa shape index (κ1) is 14.8. The largest absolute Gasteiger partial charge is 0.465 e. The van der Waals surface area contributed by atoms with E-state index in [4.69, 9.17) is 5.26 Å². The molecule has 0 aliphatic rings. The third kappa shape index (κ3) is 3.11. The van der Waals surface area contributed by atoms with Gasteiger partial charge in [0.25, 0.3) is 0 Å². The molecule has 0 atom stereocenters. The lowest BCUT2D eigenvalue weighted by Crippen LogP contribution is -2.05. The van der Waals surface area contributed by atoms with Crippen LogP contribution in [0.15, 0.2) is 24.3 Å². The Bertz CT molecular complexity index is 694. The average molecular weight is 283 g/mol. The van der Waals surface area contributed by atoms with E-state index in [1.807, 2.05) is 30.7 Å². The normalized spacial score (nSPS) is 10.2. The molecule has 1 heterocycles. The number of aromatic nitrogens is 2. The van der Waals surface area contributed by atoms with Gasteiger partial charge in [0.1, 0.15) is 0 Å². The van der Waals surface area contributed by atoms with Gasteiger partial charge in [0, 0.05) is 11.3 Å². The molecule has 0 radical (unpaired) electrons. The molecular weight excluding hydrogens is 266 g/mol. The number of aryl methyl sites for hydroxylation is 1. The number of nitrogens with zero attached hydrogens (tertiary/aromatic N) is 3. The molecule has 21 heavy (non-hydrogen) atoms. The van der Waals surface area contributed by atoms with Crippen LogP contribution in [0.3, 0.4) is 0 Å². The topological polar surface area (TPSA) is 67.9 Å².